The average molecular weight is 374 g/mol. The van der Waals surface area contributed by atoms with Gasteiger partial charge in [0, 0.05) is 5.02 Å². The van der Waals surface area contributed by atoms with Crippen molar-refractivity contribution in [1.82, 2.24) is 0 Å². The van der Waals surface area contributed by atoms with Crippen molar-refractivity contribution in [3.63, 3.8) is 0 Å². The summed E-state index contributed by atoms with van der Waals surface area (Å²) in [6.45, 7) is 12.3. The molecule has 3 heteroatoms. The number of hydrogen-bond acceptors (Lipinski definition) is 0. The average Bonchev–Trinajstić information content (AvgIpc) is 2.58. The highest BCUT2D eigenvalue weighted by Crippen LogP contribution is 2.16. The first-order valence-electron chi connectivity index (χ1n) is 9.75. The minimum absolute atomic E-state index is 0. The molecule has 1 nitrogen and oxygen atoms in total. The van der Waals surface area contributed by atoms with Gasteiger partial charge in [0.25, 0.3) is 0 Å². The Morgan fingerprint density at radius 1 is 0.750 bits per heavy atom. The molecule has 0 fully saturated rings. The van der Waals surface area contributed by atoms with Gasteiger partial charge in [-0.3, -0.25) is 0 Å². The summed E-state index contributed by atoms with van der Waals surface area (Å²) in [7, 11) is 0. The third-order valence-corrected chi connectivity index (χ3v) is 5.59. The Morgan fingerprint density at radius 3 is 1.83 bits per heavy atom. The second kappa shape index (κ2) is 14.0. The Morgan fingerprint density at radius 2 is 1.29 bits per heavy atom. The summed E-state index contributed by atoms with van der Waals surface area (Å²) in [5.74, 6) is 0. The van der Waals surface area contributed by atoms with Crippen molar-refractivity contribution in [3.05, 3.63) is 34.9 Å². The summed E-state index contributed by atoms with van der Waals surface area (Å²) in [6, 6.07) is 8.34. The molecule has 0 unspecified atom stereocenters. The Labute approximate surface area is 161 Å². The zero-order valence-electron chi connectivity index (χ0n) is 16.0. The lowest BCUT2D eigenvalue weighted by Gasteiger charge is -2.37. The summed E-state index contributed by atoms with van der Waals surface area (Å²) in [4.78, 5) is 0. The molecule has 0 saturated carbocycles. The molecule has 0 aliphatic rings. The summed E-state index contributed by atoms with van der Waals surface area (Å²) < 4.78 is 1.31. The van der Waals surface area contributed by atoms with Crippen molar-refractivity contribution in [2.75, 3.05) is 26.2 Å². The van der Waals surface area contributed by atoms with Gasteiger partial charge in [-0.15, -0.1) is 0 Å². The maximum Gasteiger partial charge on any atom is 0.0786 e. The summed E-state index contributed by atoms with van der Waals surface area (Å²) in [5.41, 5.74) is 1.42. The predicted molar refractivity (Wildman–Crippen MR) is 104 cm³/mol. The van der Waals surface area contributed by atoms with Crippen LogP contribution in [0.1, 0.15) is 71.3 Å². The quantitative estimate of drug-likeness (QED) is 0.366. The second-order valence-corrected chi connectivity index (χ2v) is 7.36. The van der Waals surface area contributed by atoms with Crippen LogP contribution in [0.15, 0.2) is 24.3 Å². The van der Waals surface area contributed by atoms with E-state index in [0.717, 1.165) is 5.02 Å². The molecule has 0 heterocycles. The van der Waals surface area contributed by atoms with E-state index in [1.807, 2.05) is 12.1 Å². The van der Waals surface area contributed by atoms with Gasteiger partial charge in [-0.1, -0.05) is 49.9 Å². The molecule has 140 valence electrons. The topological polar surface area (TPSA) is 0 Å². The molecule has 0 spiro atoms. The number of halogens is 2. The summed E-state index contributed by atoms with van der Waals surface area (Å²) in [5, 5.41) is 0.837. The van der Waals surface area contributed by atoms with Crippen molar-refractivity contribution in [2.24, 2.45) is 0 Å². The van der Waals surface area contributed by atoms with Gasteiger partial charge in [-0.2, -0.15) is 0 Å². The SMILES string of the molecule is CCCCCCC[N+](CC)(CC)CCCCc1ccc(Cl)cc1.[Cl-]. The fourth-order valence-electron chi connectivity index (χ4n) is 3.45. The van der Waals surface area contributed by atoms with Crippen LogP contribution in [0.4, 0.5) is 0 Å². The first kappa shape index (κ1) is 23.8. The van der Waals surface area contributed by atoms with Crippen LogP contribution in [0.2, 0.25) is 5.02 Å². The van der Waals surface area contributed by atoms with Crippen LogP contribution in [-0.4, -0.2) is 30.7 Å². The van der Waals surface area contributed by atoms with E-state index in [4.69, 9.17) is 11.6 Å². The molecular formula is C21H37Cl2N. The molecule has 0 aliphatic carbocycles. The molecule has 0 saturated heterocycles. The minimum Gasteiger partial charge on any atom is -1.00 e. The van der Waals surface area contributed by atoms with Crippen molar-refractivity contribution >= 4 is 11.6 Å². The van der Waals surface area contributed by atoms with Gasteiger partial charge in [-0.05, 0) is 63.6 Å². The molecule has 0 radical (unpaired) electrons. The van der Waals surface area contributed by atoms with E-state index in [2.05, 4.69) is 32.9 Å². The first-order chi connectivity index (χ1) is 11.2. The molecule has 0 aromatic heterocycles. The fraction of sp³-hybridized carbons (Fsp3) is 0.714. The van der Waals surface area contributed by atoms with E-state index in [1.54, 1.807) is 0 Å². The van der Waals surface area contributed by atoms with E-state index in [1.165, 1.54) is 87.6 Å². The first-order valence-corrected chi connectivity index (χ1v) is 10.1. The highest BCUT2D eigenvalue weighted by Gasteiger charge is 2.21. The van der Waals surface area contributed by atoms with E-state index in [0.29, 0.717) is 0 Å². The minimum atomic E-state index is 0. The van der Waals surface area contributed by atoms with Crippen LogP contribution in [0.5, 0.6) is 0 Å². The van der Waals surface area contributed by atoms with Gasteiger partial charge >= 0.3 is 0 Å². The second-order valence-electron chi connectivity index (χ2n) is 6.92. The number of hydrogen-bond donors (Lipinski definition) is 0. The largest absolute Gasteiger partial charge is 1.00 e. The van der Waals surface area contributed by atoms with Crippen LogP contribution in [0.3, 0.4) is 0 Å². The third kappa shape index (κ3) is 9.30. The Balaban J connectivity index is 0.00000529. The maximum atomic E-state index is 5.95. The molecule has 0 bridgehead atoms. The van der Waals surface area contributed by atoms with Gasteiger partial charge in [0.1, 0.15) is 0 Å². The molecule has 0 atom stereocenters. The predicted octanol–water partition coefficient (Wildman–Crippen LogP) is 3.49. The van der Waals surface area contributed by atoms with Gasteiger partial charge in [0.2, 0.25) is 0 Å². The van der Waals surface area contributed by atoms with Crippen LogP contribution in [0, 0.1) is 0 Å². The normalized spacial score (nSPS) is 11.3. The molecule has 0 amide bonds. The van der Waals surface area contributed by atoms with Gasteiger partial charge < -0.3 is 16.9 Å². The number of quaternary nitrogens is 1. The number of aryl methyl sites for hydroxylation is 1. The monoisotopic (exact) mass is 373 g/mol. The van der Waals surface area contributed by atoms with Crippen LogP contribution in [-0.2, 0) is 6.42 Å². The Bertz CT molecular complexity index is 399. The lowest BCUT2D eigenvalue weighted by atomic mass is 10.1. The van der Waals surface area contributed by atoms with Crippen LogP contribution >= 0.6 is 11.6 Å². The highest BCUT2D eigenvalue weighted by atomic mass is 35.5. The van der Waals surface area contributed by atoms with E-state index >= 15 is 0 Å². The van der Waals surface area contributed by atoms with Crippen molar-refractivity contribution in [3.8, 4) is 0 Å². The summed E-state index contributed by atoms with van der Waals surface area (Å²) in [6.07, 6.45) is 10.8. The van der Waals surface area contributed by atoms with Gasteiger partial charge in [-0.25, -0.2) is 0 Å². The van der Waals surface area contributed by atoms with Crippen LogP contribution < -0.4 is 12.4 Å². The Hall–Kier alpha value is -0.240. The van der Waals surface area contributed by atoms with Gasteiger partial charge in [0.05, 0.1) is 26.2 Å². The molecular weight excluding hydrogens is 337 g/mol. The van der Waals surface area contributed by atoms with Crippen molar-refractivity contribution in [1.29, 1.82) is 0 Å². The van der Waals surface area contributed by atoms with Crippen molar-refractivity contribution in [2.45, 2.75) is 72.1 Å². The third-order valence-electron chi connectivity index (χ3n) is 5.34. The van der Waals surface area contributed by atoms with Crippen molar-refractivity contribution < 1.29 is 16.9 Å². The van der Waals surface area contributed by atoms with E-state index in [-0.39, 0.29) is 12.4 Å². The van der Waals surface area contributed by atoms with Gasteiger partial charge in [0.15, 0.2) is 0 Å². The molecule has 1 rings (SSSR count). The number of unbranched alkanes of at least 4 members (excludes halogenated alkanes) is 5. The molecule has 0 aliphatic heterocycles. The molecule has 1 aromatic rings. The lowest BCUT2D eigenvalue weighted by Crippen LogP contribution is -3.00. The molecule has 0 N–H and O–H groups in total. The Kier molecular flexibility index (Phi) is 13.8. The van der Waals surface area contributed by atoms with E-state index in [9.17, 15) is 0 Å². The lowest BCUT2D eigenvalue weighted by molar-refractivity contribution is -0.925. The molecule has 1 aromatic carbocycles. The fourth-order valence-corrected chi connectivity index (χ4v) is 3.57. The molecule has 24 heavy (non-hydrogen) atoms. The highest BCUT2D eigenvalue weighted by molar-refractivity contribution is 6.30. The smallest absolute Gasteiger partial charge is 0.0786 e. The number of nitrogens with zero attached hydrogens (tertiary/aromatic N) is 1. The number of rotatable bonds is 13. The summed E-state index contributed by atoms with van der Waals surface area (Å²) >= 11 is 5.95. The zero-order valence-corrected chi connectivity index (χ0v) is 17.5. The standard InChI is InChI=1S/C21H37ClN.ClH/c1-4-7-8-9-11-18-23(5-2,6-3)19-12-10-13-20-14-16-21(22)17-15-20;/h14-17H,4-13,18-19H2,1-3H3;1H/q+1;/p-1. The maximum absolute atomic E-state index is 5.95. The van der Waals surface area contributed by atoms with E-state index < -0.39 is 0 Å². The zero-order chi connectivity index (χ0) is 17.0. The number of benzene rings is 1. The van der Waals surface area contributed by atoms with Crippen LogP contribution in [0.25, 0.3) is 0 Å².